The van der Waals surface area contributed by atoms with E-state index < -0.39 is 86.6 Å². The lowest BCUT2D eigenvalue weighted by molar-refractivity contribution is -0.376. The predicted octanol–water partition coefficient (Wildman–Crippen LogP) is -1.63. The first-order chi connectivity index (χ1) is 22.5. The van der Waals surface area contributed by atoms with Crippen LogP contribution < -0.4 is 18.9 Å². The van der Waals surface area contributed by atoms with Gasteiger partial charge in [0.25, 0.3) is 0 Å². The van der Waals surface area contributed by atoms with Crippen molar-refractivity contribution in [2.45, 2.75) is 61.4 Å². The second-order valence-electron chi connectivity index (χ2n) is 10.4. The highest BCUT2D eigenvalue weighted by Gasteiger charge is 2.50. The molecule has 260 valence electrons. The maximum absolute atomic E-state index is 12.8. The third kappa shape index (κ3) is 7.69. The Kier molecular flexibility index (Phi) is 12.2. The number of ether oxygens (including phenoxy) is 9. The predicted molar refractivity (Wildman–Crippen MR) is 154 cm³/mol. The molecule has 47 heavy (non-hydrogen) atoms. The minimum Gasteiger partial charge on any atom is -0.493 e. The van der Waals surface area contributed by atoms with Gasteiger partial charge in [0.2, 0.25) is 0 Å². The van der Waals surface area contributed by atoms with Gasteiger partial charge in [0, 0.05) is 0 Å². The monoisotopic (exact) mass is 670 g/mol. The number of hydrogen-bond acceptors (Lipinski definition) is 17. The Balaban J connectivity index is 1.42. The normalized spacial score (nSPS) is 30.6. The number of esters is 2. The highest BCUT2D eigenvalue weighted by molar-refractivity contribution is 5.94. The van der Waals surface area contributed by atoms with Crippen molar-refractivity contribution in [3.63, 3.8) is 0 Å². The van der Waals surface area contributed by atoms with Gasteiger partial charge in [-0.05, 0) is 24.3 Å². The highest BCUT2D eigenvalue weighted by Crippen LogP contribution is 2.33. The van der Waals surface area contributed by atoms with E-state index in [-0.39, 0.29) is 34.1 Å². The zero-order chi connectivity index (χ0) is 34.4. The van der Waals surface area contributed by atoms with Crippen molar-refractivity contribution >= 4 is 11.9 Å². The van der Waals surface area contributed by atoms with Crippen molar-refractivity contribution in [1.82, 2.24) is 0 Å². The molecule has 10 atom stereocenters. The first-order valence-corrected chi connectivity index (χ1v) is 14.3. The van der Waals surface area contributed by atoms with Crippen LogP contribution in [0.5, 0.6) is 23.0 Å². The molecule has 0 saturated carbocycles. The maximum Gasteiger partial charge on any atom is 0.342 e. The van der Waals surface area contributed by atoms with E-state index in [1.165, 1.54) is 52.7 Å². The zero-order valence-corrected chi connectivity index (χ0v) is 25.8. The van der Waals surface area contributed by atoms with E-state index >= 15 is 0 Å². The van der Waals surface area contributed by atoms with Gasteiger partial charge in [-0.1, -0.05) is 12.1 Å². The third-order valence-electron chi connectivity index (χ3n) is 7.61. The van der Waals surface area contributed by atoms with Crippen molar-refractivity contribution < 1.29 is 82.9 Å². The molecule has 17 heteroatoms. The summed E-state index contributed by atoms with van der Waals surface area (Å²) in [6.07, 6.45) is -17.6. The summed E-state index contributed by atoms with van der Waals surface area (Å²) in [5.74, 6) is -1.07. The number of aliphatic hydroxyl groups is 6. The minimum absolute atomic E-state index is 0.00612. The van der Waals surface area contributed by atoms with Crippen LogP contribution in [0.25, 0.3) is 0 Å². The fourth-order valence-electron chi connectivity index (χ4n) is 5.03. The second kappa shape index (κ2) is 15.9. The fraction of sp³-hybridized carbons (Fsp3) is 0.533. The minimum atomic E-state index is -1.91. The quantitative estimate of drug-likeness (QED) is 0.139. The summed E-state index contributed by atoms with van der Waals surface area (Å²) in [5, 5.41) is 63.1. The van der Waals surface area contributed by atoms with Gasteiger partial charge >= 0.3 is 11.9 Å². The Morgan fingerprint density at radius 3 is 1.30 bits per heavy atom. The van der Waals surface area contributed by atoms with Crippen molar-refractivity contribution in [1.29, 1.82) is 0 Å². The Hall–Kier alpha value is -3.78. The summed E-state index contributed by atoms with van der Waals surface area (Å²) in [7, 11) is 5.42. The van der Waals surface area contributed by atoms with E-state index in [9.17, 15) is 40.2 Å². The smallest absolute Gasteiger partial charge is 0.342 e. The molecule has 0 radical (unpaired) electrons. The van der Waals surface area contributed by atoms with E-state index in [0.717, 1.165) is 0 Å². The molecule has 0 bridgehead atoms. The van der Waals surface area contributed by atoms with Crippen LogP contribution in [0.4, 0.5) is 0 Å². The SMILES string of the molecule is COc1cccc(C(=O)OC[C@H]2O[C@H](O[C@H]3O[C@H](COC(=O)c4cccc(OC)c4OC)[C@@H](O)[C@H](O)[C@H]3O)[C@H](O)[C@@H](O)[C@@H]2O)c1OC. The van der Waals surface area contributed by atoms with Crippen molar-refractivity contribution in [2.24, 2.45) is 0 Å². The Labute approximate surface area is 268 Å². The van der Waals surface area contributed by atoms with Crippen molar-refractivity contribution in [3.05, 3.63) is 47.5 Å². The topological polar surface area (TPSA) is 239 Å². The lowest BCUT2D eigenvalue weighted by atomic mass is 9.98. The Morgan fingerprint density at radius 1 is 0.574 bits per heavy atom. The molecule has 2 fully saturated rings. The van der Waals surface area contributed by atoms with E-state index in [1.54, 1.807) is 12.1 Å². The molecule has 0 aromatic heterocycles. The van der Waals surface area contributed by atoms with Gasteiger partial charge in [-0.2, -0.15) is 0 Å². The van der Waals surface area contributed by atoms with Crippen LogP contribution in [0, 0.1) is 0 Å². The average molecular weight is 671 g/mol. The van der Waals surface area contributed by atoms with E-state index in [0.29, 0.717) is 0 Å². The molecular weight excluding hydrogens is 632 g/mol. The zero-order valence-electron chi connectivity index (χ0n) is 25.8. The van der Waals surface area contributed by atoms with Crippen LogP contribution in [0.15, 0.2) is 36.4 Å². The summed E-state index contributed by atoms with van der Waals surface area (Å²) >= 11 is 0. The van der Waals surface area contributed by atoms with E-state index in [4.69, 9.17) is 42.6 Å². The standard InChI is InChI=1S/C30H38O17/c1-39-15-9-5-7-13(25(15)41-3)27(37)43-11-17-19(31)21(33)23(35)29(45-17)47-30-24(36)22(34)20(32)18(46-30)12-44-28(38)14-8-6-10-16(40-2)26(14)42-4/h5-10,17-24,29-36H,11-12H2,1-4H3/t17-,18-,19-,20-,21+,22+,23-,24-,29-,30-/m1/s1. The summed E-state index contributed by atoms with van der Waals surface area (Å²) in [5.41, 5.74) is -0.0122. The molecular formula is C30H38O17. The third-order valence-corrected chi connectivity index (χ3v) is 7.61. The number of para-hydroxylation sites is 2. The number of benzene rings is 2. The summed E-state index contributed by atoms with van der Waals surface area (Å²) < 4.78 is 48.0. The lowest BCUT2D eigenvalue weighted by Crippen LogP contribution is -2.64. The van der Waals surface area contributed by atoms with Crippen molar-refractivity contribution in [3.8, 4) is 23.0 Å². The number of carbonyl (C=O) groups is 2. The maximum atomic E-state index is 12.8. The summed E-state index contributed by atoms with van der Waals surface area (Å²) in [4.78, 5) is 25.6. The fourth-order valence-corrected chi connectivity index (χ4v) is 5.03. The molecule has 6 N–H and O–H groups in total. The van der Waals surface area contributed by atoms with Gasteiger partial charge in [-0.3, -0.25) is 0 Å². The van der Waals surface area contributed by atoms with Crippen LogP contribution in [-0.2, 0) is 23.7 Å². The second-order valence-corrected chi connectivity index (χ2v) is 10.4. The largest absolute Gasteiger partial charge is 0.493 e. The molecule has 0 amide bonds. The molecule has 0 unspecified atom stereocenters. The van der Waals surface area contributed by atoms with Crippen molar-refractivity contribution in [2.75, 3.05) is 41.7 Å². The molecule has 2 aromatic rings. The van der Waals surface area contributed by atoms with Gasteiger partial charge in [0.1, 0.15) is 73.2 Å². The molecule has 2 saturated heterocycles. The van der Waals surface area contributed by atoms with Gasteiger partial charge in [0.15, 0.2) is 35.6 Å². The first kappa shape index (κ1) is 36.1. The van der Waals surface area contributed by atoms with Crippen LogP contribution in [-0.4, -0.2) is 146 Å². The summed E-state index contributed by atoms with van der Waals surface area (Å²) in [6.45, 7) is -1.27. The highest BCUT2D eigenvalue weighted by atomic mass is 16.8. The molecule has 2 aliphatic rings. The molecule has 4 rings (SSSR count). The van der Waals surface area contributed by atoms with Gasteiger partial charge < -0.3 is 73.3 Å². The van der Waals surface area contributed by atoms with Gasteiger partial charge in [0.05, 0.1) is 28.4 Å². The molecule has 0 spiro atoms. The van der Waals surface area contributed by atoms with E-state index in [2.05, 4.69) is 0 Å². The average Bonchev–Trinajstić information content (AvgIpc) is 3.09. The molecule has 2 heterocycles. The Bertz CT molecular complexity index is 1270. The number of methoxy groups -OCH3 is 4. The number of hydrogen-bond donors (Lipinski definition) is 6. The summed E-state index contributed by atoms with van der Waals surface area (Å²) in [6, 6.07) is 9.00. The molecule has 17 nitrogen and oxygen atoms in total. The molecule has 2 aliphatic heterocycles. The number of carbonyl (C=O) groups excluding carboxylic acids is 2. The number of aliphatic hydroxyl groups excluding tert-OH is 6. The molecule has 2 aromatic carbocycles. The van der Waals surface area contributed by atoms with Crippen LogP contribution in [0.3, 0.4) is 0 Å². The Morgan fingerprint density at radius 2 is 0.957 bits per heavy atom. The van der Waals surface area contributed by atoms with Crippen LogP contribution in [0.2, 0.25) is 0 Å². The lowest BCUT2D eigenvalue weighted by Gasteiger charge is -2.44. The van der Waals surface area contributed by atoms with Gasteiger partial charge in [-0.15, -0.1) is 0 Å². The van der Waals surface area contributed by atoms with E-state index in [1.807, 2.05) is 0 Å². The van der Waals surface area contributed by atoms with Crippen LogP contribution >= 0.6 is 0 Å². The first-order valence-electron chi connectivity index (χ1n) is 14.3. The number of rotatable bonds is 12. The van der Waals surface area contributed by atoms with Gasteiger partial charge in [-0.25, -0.2) is 9.59 Å². The van der Waals surface area contributed by atoms with Crippen LogP contribution in [0.1, 0.15) is 20.7 Å². The molecule has 0 aliphatic carbocycles.